The van der Waals surface area contributed by atoms with Gasteiger partial charge in [-0.2, -0.15) is 0 Å². The average Bonchev–Trinajstić information content (AvgIpc) is 1.88. The Morgan fingerprint density at radius 1 is 1.44 bits per heavy atom. The summed E-state index contributed by atoms with van der Waals surface area (Å²) in [5, 5.41) is 0.588. The van der Waals surface area contributed by atoms with Gasteiger partial charge in [0.25, 0.3) is 0 Å². The van der Waals surface area contributed by atoms with E-state index >= 15 is 0 Å². The zero-order chi connectivity index (χ0) is 6.69. The maximum absolute atomic E-state index is 11.8. The summed E-state index contributed by atoms with van der Waals surface area (Å²) in [7, 11) is 0. The summed E-state index contributed by atoms with van der Waals surface area (Å²) < 4.78 is 11.8. The molecule has 0 heterocycles. The van der Waals surface area contributed by atoms with E-state index in [-0.39, 0.29) is 0 Å². The van der Waals surface area contributed by atoms with Gasteiger partial charge in [0.05, 0.1) is 0 Å². The first-order valence-electron chi connectivity index (χ1n) is 2.63. The topological polar surface area (TPSA) is 0 Å². The van der Waals surface area contributed by atoms with Crippen molar-refractivity contribution in [3.63, 3.8) is 0 Å². The summed E-state index contributed by atoms with van der Waals surface area (Å²) in [6.45, 7) is -0.444. The van der Waals surface area contributed by atoms with Crippen molar-refractivity contribution in [3.05, 3.63) is 34.9 Å². The Morgan fingerprint density at radius 3 is 2.67 bits per heavy atom. The van der Waals surface area contributed by atoms with E-state index < -0.39 is 6.67 Å². The van der Waals surface area contributed by atoms with E-state index in [0.717, 1.165) is 0 Å². The van der Waals surface area contributed by atoms with Gasteiger partial charge in [-0.15, -0.1) is 0 Å². The molecule has 1 aromatic carbocycles. The SMILES string of the molecule is FCc1cccc(Cl)c1. The van der Waals surface area contributed by atoms with Crippen LogP contribution in [0.2, 0.25) is 5.02 Å². The minimum absolute atomic E-state index is 0.444. The van der Waals surface area contributed by atoms with Crippen LogP contribution >= 0.6 is 11.6 Å². The lowest BCUT2D eigenvalue weighted by molar-refractivity contribution is 0.485. The fraction of sp³-hybridized carbons (Fsp3) is 0.143. The van der Waals surface area contributed by atoms with Gasteiger partial charge in [-0.05, 0) is 17.7 Å². The second-order valence-corrected chi connectivity index (χ2v) is 2.20. The minimum Gasteiger partial charge on any atom is -0.246 e. The van der Waals surface area contributed by atoms with E-state index in [0.29, 0.717) is 10.6 Å². The molecule has 1 rings (SSSR count). The van der Waals surface area contributed by atoms with Crippen molar-refractivity contribution < 1.29 is 4.39 Å². The van der Waals surface area contributed by atoms with Crippen LogP contribution in [0.1, 0.15) is 5.56 Å². The van der Waals surface area contributed by atoms with Crippen LogP contribution in [0, 0.1) is 0 Å². The Morgan fingerprint density at radius 2 is 2.22 bits per heavy atom. The summed E-state index contributed by atoms with van der Waals surface area (Å²) in [5.74, 6) is 0. The first-order valence-corrected chi connectivity index (χ1v) is 3.01. The predicted octanol–water partition coefficient (Wildman–Crippen LogP) is 2.81. The molecule has 0 bridgehead atoms. The lowest BCUT2D eigenvalue weighted by atomic mass is 10.2. The van der Waals surface area contributed by atoms with Crippen LogP contribution in [0.5, 0.6) is 0 Å². The molecule has 0 aromatic heterocycles. The molecule has 0 atom stereocenters. The lowest BCUT2D eigenvalue weighted by Crippen LogP contribution is -1.74. The Hall–Kier alpha value is -0.560. The van der Waals surface area contributed by atoms with Crippen LogP contribution in [0.4, 0.5) is 4.39 Å². The Bertz CT molecular complexity index is 198. The van der Waals surface area contributed by atoms with Crippen molar-refractivity contribution in [1.29, 1.82) is 0 Å². The van der Waals surface area contributed by atoms with Gasteiger partial charge in [0.1, 0.15) is 6.67 Å². The van der Waals surface area contributed by atoms with Crippen molar-refractivity contribution in [1.82, 2.24) is 0 Å². The van der Waals surface area contributed by atoms with E-state index in [1.54, 1.807) is 24.3 Å². The molecule has 0 spiro atoms. The summed E-state index contributed by atoms with van der Waals surface area (Å²) in [5.41, 5.74) is 0.627. The fourth-order valence-corrected chi connectivity index (χ4v) is 0.833. The number of halogens is 2. The molecular formula is C7H6ClF. The molecule has 0 unspecified atom stereocenters. The lowest BCUT2D eigenvalue weighted by Gasteiger charge is -1.91. The molecule has 0 saturated carbocycles. The molecule has 0 aliphatic rings. The second kappa shape index (κ2) is 2.83. The standard InChI is InChI=1S/C7H6ClF/c8-7-3-1-2-6(4-7)5-9/h1-4H,5H2. The predicted molar refractivity (Wildman–Crippen MR) is 36.3 cm³/mol. The molecule has 0 N–H and O–H groups in total. The molecule has 0 radical (unpaired) electrons. The van der Waals surface area contributed by atoms with Crippen LogP contribution < -0.4 is 0 Å². The Balaban J connectivity index is 2.94. The molecule has 0 amide bonds. The van der Waals surface area contributed by atoms with Crippen molar-refractivity contribution in [3.8, 4) is 0 Å². The van der Waals surface area contributed by atoms with Gasteiger partial charge in [-0.3, -0.25) is 0 Å². The normalized spacial score (nSPS) is 9.56. The minimum atomic E-state index is -0.444. The molecule has 0 fully saturated rings. The van der Waals surface area contributed by atoms with Gasteiger partial charge >= 0.3 is 0 Å². The van der Waals surface area contributed by atoms with Gasteiger partial charge in [-0.25, -0.2) is 4.39 Å². The van der Waals surface area contributed by atoms with Crippen molar-refractivity contribution in [2.75, 3.05) is 0 Å². The summed E-state index contributed by atoms with van der Waals surface area (Å²) in [4.78, 5) is 0. The van der Waals surface area contributed by atoms with Crippen molar-refractivity contribution in [2.24, 2.45) is 0 Å². The number of hydrogen-bond donors (Lipinski definition) is 0. The maximum atomic E-state index is 11.8. The zero-order valence-corrected chi connectivity index (χ0v) is 5.53. The summed E-state index contributed by atoms with van der Waals surface area (Å²) in [6.07, 6.45) is 0. The average molecular weight is 145 g/mol. The van der Waals surface area contributed by atoms with Crippen LogP contribution in [0.3, 0.4) is 0 Å². The third-order valence-corrected chi connectivity index (χ3v) is 1.28. The van der Waals surface area contributed by atoms with E-state index in [9.17, 15) is 4.39 Å². The molecule has 0 nitrogen and oxygen atoms in total. The summed E-state index contributed by atoms with van der Waals surface area (Å²) in [6, 6.07) is 6.77. The highest BCUT2D eigenvalue weighted by Gasteiger charge is 1.89. The van der Waals surface area contributed by atoms with E-state index in [4.69, 9.17) is 11.6 Å². The monoisotopic (exact) mass is 144 g/mol. The molecule has 48 valence electrons. The van der Waals surface area contributed by atoms with Crippen LogP contribution in [0.25, 0.3) is 0 Å². The van der Waals surface area contributed by atoms with Gasteiger partial charge < -0.3 is 0 Å². The van der Waals surface area contributed by atoms with Crippen molar-refractivity contribution >= 4 is 11.6 Å². The van der Waals surface area contributed by atoms with E-state index in [2.05, 4.69) is 0 Å². The largest absolute Gasteiger partial charge is 0.246 e. The molecule has 2 heteroatoms. The van der Waals surface area contributed by atoms with Crippen molar-refractivity contribution in [2.45, 2.75) is 6.67 Å². The van der Waals surface area contributed by atoms with Crippen LogP contribution in [-0.4, -0.2) is 0 Å². The highest BCUT2D eigenvalue weighted by atomic mass is 35.5. The van der Waals surface area contributed by atoms with Gasteiger partial charge in [0.15, 0.2) is 0 Å². The summed E-state index contributed by atoms with van der Waals surface area (Å²) >= 11 is 5.56. The van der Waals surface area contributed by atoms with E-state index in [1.807, 2.05) is 0 Å². The number of alkyl halides is 1. The smallest absolute Gasteiger partial charge is 0.115 e. The highest BCUT2D eigenvalue weighted by Crippen LogP contribution is 2.10. The molecule has 0 aliphatic carbocycles. The van der Waals surface area contributed by atoms with E-state index in [1.165, 1.54) is 0 Å². The Labute approximate surface area is 58.3 Å². The second-order valence-electron chi connectivity index (χ2n) is 1.76. The van der Waals surface area contributed by atoms with Gasteiger partial charge in [0, 0.05) is 5.02 Å². The molecule has 0 saturated heterocycles. The van der Waals surface area contributed by atoms with Crippen LogP contribution in [0.15, 0.2) is 24.3 Å². The first-order chi connectivity index (χ1) is 4.33. The third-order valence-electron chi connectivity index (χ3n) is 1.04. The highest BCUT2D eigenvalue weighted by molar-refractivity contribution is 6.30. The molecule has 0 aliphatic heterocycles. The molecular weight excluding hydrogens is 139 g/mol. The van der Waals surface area contributed by atoms with Gasteiger partial charge in [-0.1, -0.05) is 23.7 Å². The molecule has 9 heavy (non-hydrogen) atoms. The quantitative estimate of drug-likeness (QED) is 0.569. The third kappa shape index (κ3) is 1.68. The maximum Gasteiger partial charge on any atom is 0.115 e. The number of rotatable bonds is 1. The molecule has 1 aromatic rings. The van der Waals surface area contributed by atoms with Crippen LogP contribution in [-0.2, 0) is 6.67 Å². The fourth-order valence-electron chi connectivity index (χ4n) is 0.620. The number of hydrogen-bond acceptors (Lipinski definition) is 0. The first kappa shape index (κ1) is 6.56. The zero-order valence-electron chi connectivity index (χ0n) is 4.77. The van der Waals surface area contributed by atoms with Gasteiger partial charge in [0.2, 0.25) is 0 Å². The Kier molecular flexibility index (Phi) is 2.06. The number of benzene rings is 1.